The Morgan fingerprint density at radius 1 is 1.10 bits per heavy atom. The van der Waals surface area contributed by atoms with Crippen molar-refractivity contribution in [2.24, 2.45) is 0 Å². The molecule has 0 bridgehead atoms. The lowest BCUT2D eigenvalue weighted by atomic mass is 10.1. The van der Waals surface area contributed by atoms with Gasteiger partial charge in [0, 0.05) is 30.9 Å². The minimum absolute atomic E-state index is 0.334. The van der Waals surface area contributed by atoms with Crippen LogP contribution in [0.2, 0.25) is 0 Å². The molecule has 2 aromatic heterocycles. The Balaban J connectivity index is 1.93. The summed E-state index contributed by atoms with van der Waals surface area (Å²) in [5.74, 6) is 2.16. The molecule has 3 aromatic rings. The van der Waals surface area contributed by atoms with Crippen LogP contribution in [-0.2, 0) is 16.3 Å². The molecule has 0 spiro atoms. The van der Waals surface area contributed by atoms with E-state index in [0.717, 1.165) is 34.0 Å². The summed E-state index contributed by atoms with van der Waals surface area (Å²) < 4.78 is 24.9. The zero-order valence-corrected chi connectivity index (χ0v) is 19.4. The van der Waals surface area contributed by atoms with Gasteiger partial charge in [0.05, 0.1) is 9.64 Å². The van der Waals surface area contributed by atoms with Crippen LogP contribution < -0.4 is 4.90 Å². The highest BCUT2D eigenvalue weighted by atomic mass is 32.2. The van der Waals surface area contributed by atoms with E-state index in [4.69, 9.17) is 0 Å². The summed E-state index contributed by atoms with van der Waals surface area (Å²) in [5, 5.41) is 7.34. The topological polar surface area (TPSA) is 91.8 Å². The second-order valence-corrected chi connectivity index (χ2v) is 11.3. The first-order chi connectivity index (χ1) is 13.9. The Labute approximate surface area is 178 Å². The minimum atomic E-state index is -3.43. The van der Waals surface area contributed by atoms with Crippen molar-refractivity contribution < 1.29 is 8.42 Å². The number of rotatable bonds is 5. The number of benzene rings is 1. The third-order valence-electron chi connectivity index (χ3n) is 5.17. The molecule has 3 rings (SSSR count). The monoisotopic (exact) mass is 427 g/mol. The van der Waals surface area contributed by atoms with Crippen molar-refractivity contribution in [3.63, 3.8) is 0 Å². The van der Waals surface area contributed by atoms with Crippen molar-refractivity contribution in [3.05, 3.63) is 58.7 Å². The first-order valence-corrected chi connectivity index (χ1v) is 11.3. The highest BCUT2D eigenvalue weighted by Gasteiger charge is 2.31. The van der Waals surface area contributed by atoms with Gasteiger partial charge in [0.15, 0.2) is 15.7 Å². The molecule has 0 saturated heterocycles. The fourth-order valence-corrected chi connectivity index (χ4v) is 4.54. The molecule has 0 saturated carbocycles. The molecule has 160 valence electrons. The standard InChI is InChI=1S/C22H29N5O2S/c1-14-10-17(12-18(11-14)30(28,29)22(4,5)6)13-19-23-9-8-20(24-19)27(7)21-15(2)16(3)25-26-21/h8-12H,13H2,1-7H3,(H,25,26). The Hall–Kier alpha value is -2.74. The van der Waals surface area contributed by atoms with Gasteiger partial charge in [-0.25, -0.2) is 18.4 Å². The van der Waals surface area contributed by atoms with Gasteiger partial charge in [-0.05, 0) is 70.9 Å². The van der Waals surface area contributed by atoms with Crippen LogP contribution in [0.25, 0.3) is 0 Å². The van der Waals surface area contributed by atoms with Crippen LogP contribution in [0.1, 0.15) is 49.0 Å². The molecule has 1 aromatic carbocycles. The van der Waals surface area contributed by atoms with Crippen LogP contribution in [0.15, 0.2) is 35.4 Å². The van der Waals surface area contributed by atoms with Gasteiger partial charge in [-0.15, -0.1) is 0 Å². The maximum atomic E-state index is 12.9. The first-order valence-electron chi connectivity index (χ1n) is 9.82. The molecular formula is C22H29N5O2S. The molecule has 2 heterocycles. The molecule has 0 radical (unpaired) electrons. The third kappa shape index (κ3) is 4.23. The van der Waals surface area contributed by atoms with Gasteiger partial charge in [0.25, 0.3) is 0 Å². The zero-order valence-electron chi connectivity index (χ0n) is 18.6. The fourth-order valence-electron chi connectivity index (χ4n) is 3.19. The maximum absolute atomic E-state index is 12.9. The Morgan fingerprint density at radius 2 is 1.80 bits per heavy atom. The van der Waals surface area contributed by atoms with Crippen molar-refractivity contribution >= 4 is 21.5 Å². The molecular weight excluding hydrogens is 398 g/mol. The van der Waals surface area contributed by atoms with Crippen LogP contribution >= 0.6 is 0 Å². The summed E-state index contributed by atoms with van der Waals surface area (Å²) in [6.07, 6.45) is 2.15. The van der Waals surface area contributed by atoms with E-state index in [1.165, 1.54) is 0 Å². The normalized spacial score (nSPS) is 12.2. The van der Waals surface area contributed by atoms with E-state index in [0.29, 0.717) is 17.1 Å². The van der Waals surface area contributed by atoms with Gasteiger partial charge in [-0.1, -0.05) is 6.07 Å². The second kappa shape index (κ2) is 7.83. The molecule has 0 aliphatic rings. The second-order valence-electron chi connectivity index (χ2n) is 8.63. The third-order valence-corrected chi connectivity index (χ3v) is 7.64. The summed E-state index contributed by atoms with van der Waals surface area (Å²) >= 11 is 0. The molecule has 0 fully saturated rings. The molecule has 0 aliphatic heterocycles. The van der Waals surface area contributed by atoms with E-state index in [1.54, 1.807) is 39.1 Å². The van der Waals surface area contributed by atoms with Crippen molar-refractivity contribution in [2.75, 3.05) is 11.9 Å². The maximum Gasteiger partial charge on any atom is 0.183 e. The number of hydrogen-bond acceptors (Lipinski definition) is 6. The lowest BCUT2D eigenvalue weighted by Gasteiger charge is -2.20. The van der Waals surface area contributed by atoms with E-state index >= 15 is 0 Å². The van der Waals surface area contributed by atoms with E-state index in [9.17, 15) is 8.42 Å². The van der Waals surface area contributed by atoms with E-state index in [2.05, 4.69) is 20.2 Å². The predicted molar refractivity (Wildman–Crippen MR) is 119 cm³/mol. The Bertz CT molecular complexity index is 1180. The summed E-state index contributed by atoms with van der Waals surface area (Å²) in [5.41, 5.74) is 3.84. The van der Waals surface area contributed by atoms with Crippen molar-refractivity contribution in [3.8, 4) is 0 Å². The molecule has 8 heteroatoms. The lowest BCUT2D eigenvalue weighted by molar-refractivity contribution is 0.560. The van der Waals surface area contributed by atoms with Gasteiger partial charge in [0.1, 0.15) is 11.6 Å². The van der Waals surface area contributed by atoms with Crippen LogP contribution in [0.3, 0.4) is 0 Å². The van der Waals surface area contributed by atoms with Crippen molar-refractivity contribution in [1.29, 1.82) is 0 Å². The molecule has 1 N–H and O–H groups in total. The van der Waals surface area contributed by atoms with Gasteiger partial charge in [-0.3, -0.25) is 5.10 Å². The van der Waals surface area contributed by atoms with E-state index < -0.39 is 14.6 Å². The number of aromatic amines is 1. The van der Waals surface area contributed by atoms with Gasteiger partial charge < -0.3 is 4.90 Å². The van der Waals surface area contributed by atoms with E-state index in [1.807, 2.05) is 44.9 Å². The Morgan fingerprint density at radius 3 is 2.40 bits per heavy atom. The summed E-state index contributed by atoms with van der Waals surface area (Å²) in [6, 6.07) is 7.26. The zero-order chi connectivity index (χ0) is 22.3. The summed E-state index contributed by atoms with van der Waals surface area (Å²) in [7, 11) is -1.52. The van der Waals surface area contributed by atoms with Gasteiger partial charge >= 0.3 is 0 Å². The smallest absolute Gasteiger partial charge is 0.183 e. The predicted octanol–water partition coefficient (Wildman–Crippen LogP) is 4.06. The van der Waals surface area contributed by atoms with Crippen LogP contribution in [-0.4, -0.2) is 40.4 Å². The quantitative estimate of drug-likeness (QED) is 0.660. The molecule has 0 amide bonds. The molecule has 0 aliphatic carbocycles. The molecule has 7 nitrogen and oxygen atoms in total. The van der Waals surface area contributed by atoms with Crippen molar-refractivity contribution in [2.45, 2.75) is 57.6 Å². The average Bonchev–Trinajstić information content (AvgIpc) is 2.99. The molecule has 0 atom stereocenters. The lowest BCUT2D eigenvalue weighted by Crippen LogP contribution is -2.28. The minimum Gasteiger partial charge on any atom is -0.312 e. The van der Waals surface area contributed by atoms with Crippen LogP contribution in [0.5, 0.6) is 0 Å². The summed E-state index contributed by atoms with van der Waals surface area (Å²) in [6.45, 7) is 11.0. The number of sulfone groups is 1. The van der Waals surface area contributed by atoms with Crippen LogP contribution in [0.4, 0.5) is 11.6 Å². The number of anilines is 2. The fraction of sp³-hybridized carbons (Fsp3) is 0.409. The number of nitrogens with one attached hydrogen (secondary N) is 1. The van der Waals surface area contributed by atoms with Crippen LogP contribution in [0, 0.1) is 20.8 Å². The highest BCUT2D eigenvalue weighted by molar-refractivity contribution is 7.92. The van der Waals surface area contributed by atoms with Gasteiger partial charge in [-0.2, -0.15) is 5.10 Å². The van der Waals surface area contributed by atoms with Crippen molar-refractivity contribution in [1.82, 2.24) is 20.2 Å². The number of aryl methyl sites for hydroxylation is 2. The largest absolute Gasteiger partial charge is 0.312 e. The summed E-state index contributed by atoms with van der Waals surface area (Å²) in [4.78, 5) is 11.3. The first kappa shape index (κ1) is 22.0. The number of nitrogens with zero attached hydrogens (tertiary/aromatic N) is 4. The average molecular weight is 428 g/mol. The van der Waals surface area contributed by atoms with Gasteiger partial charge in [0.2, 0.25) is 0 Å². The number of H-pyrrole nitrogens is 1. The van der Waals surface area contributed by atoms with E-state index in [-0.39, 0.29) is 0 Å². The SMILES string of the molecule is Cc1cc(Cc2nccc(N(C)c3n[nH]c(C)c3C)n2)cc(S(=O)(=O)C(C)(C)C)c1. The highest BCUT2D eigenvalue weighted by Crippen LogP contribution is 2.28. The molecule has 0 unspecified atom stereocenters. The molecule has 30 heavy (non-hydrogen) atoms. The number of hydrogen-bond donors (Lipinski definition) is 1. The Kier molecular flexibility index (Phi) is 5.73. The number of aromatic nitrogens is 4.